The quantitative estimate of drug-likeness (QED) is 0.894. The lowest BCUT2D eigenvalue weighted by Gasteiger charge is -2.35. The van der Waals surface area contributed by atoms with Gasteiger partial charge in [0.25, 0.3) is 5.91 Å². The average molecular weight is 318 g/mol. The van der Waals surface area contributed by atoms with Crippen molar-refractivity contribution in [3.63, 3.8) is 0 Å². The van der Waals surface area contributed by atoms with Crippen molar-refractivity contribution in [1.29, 1.82) is 0 Å². The number of hydrogen-bond acceptors (Lipinski definition) is 4. The molecule has 1 aromatic heterocycles. The van der Waals surface area contributed by atoms with Crippen LogP contribution in [0.2, 0.25) is 0 Å². The van der Waals surface area contributed by atoms with E-state index in [1.165, 1.54) is 0 Å². The van der Waals surface area contributed by atoms with E-state index in [2.05, 4.69) is 29.0 Å². The lowest BCUT2D eigenvalue weighted by molar-refractivity contribution is -0.129. The Bertz CT molecular complexity index is 551. The lowest BCUT2D eigenvalue weighted by Crippen LogP contribution is -2.48. The van der Waals surface area contributed by atoms with E-state index in [0.717, 1.165) is 25.2 Å². The molecule has 0 atom stereocenters. The van der Waals surface area contributed by atoms with E-state index in [1.807, 2.05) is 17.0 Å². The van der Waals surface area contributed by atoms with Crippen molar-refractivity contribution in [3.8, 4) is 0 Å². The maximum atomic E-state index is 12.2. The summed E-state index contributed by atoms with van der Waals surface area (Å²) in [6.07, 6.45) is 2.63. The van der Waals surface area contributed by atoms with Gasteiger partial charge in [0.2, 0.25) is 5.91 Å². The zero-order chi connectivity index (χ0) is 16.8. The number of rotatable bonds is 5. The molecule has 0 unspecified atom stereocenters. The highest BCUT2D eigenvalue weighted by atomic mass is 16.2. The molecule has 6 heteroatoms. The van der Waals surface area contributed by atoms with Crippen LogP contribution in [0.15, 0.2) is 18.3 Å². The SMILES string of the molecule is CC(=O)N1CCN(c2ccnc(C(=O)NCCC(C)C)c2)CC1. The molecule has 0 spiro atoms. The zero-order valence-corrected chi connectivity index (χ0v) is 14.2. The second-order valence-electron chi connectivity index (χ2n) is 6.33. The highest BCUT2D eigenvalue weighted by molar-refractivity contribution is 5.93. The van der Waals surface area contributed by atoms with Crippen LogP contribution in [-0.4, -0.2) is 54.4 Å². The number of nitrogens with one attached hydrogen (secondary N) is 1. The third-order valence-electron chi connectivity index (χ3n) is 4.07. The van der Waals surface area contributed by atoms with Crippen LogP contribution in [-0.2, 0) is 4.79 Å². The molecule has 1 aromatic rings. The number of anilines is 1. The summed E-state index contributed by atoms with van der Waals surface area (Å²) in [5.41, 5.74) is 1.43. The molecular formula is C17H26N4O2. The number of amides is 2. The van der Waals surface area contributed by atoms with Gasteiger partial charge in [-0.1, -0.05) is 13.8 Å². The van der Waals surface area contributed by atoms with Crippen molar-refractivity contribution in [2.45, 2.75) is 27.2 Å². The molecule has 2 heterocycles. The van der Waals surface area contributed by atoms with Gasteiger partial charge in [-0.3, -0.25) is 14.6 Å². The Morgan fingerprint density at radius 3 is 2.57 bits per heavy atom. The summed E-state index contributed by atoms with van der Waals surface area (Å²) in [6, 6.07) is 3.74. The number of piperazine rings is 1. The van der Waals surface area contributed by atoms with Crippen LogP contribution in [0.4, 0.5) is 5.69 Å². The molecule has 1 aliphatic heterocycles. The van der Waals surface area contributed by atoms with Crippen LogP contribution < -0.4 is 10.2 Å². The monoisotopic (exact) mass is 318 g/mol. The topological polar surface area (TPSA) is 65.5 Å². The third-order valence-corrected chi connectivity index (χ3v) is 4.07. The number of carbonyl (C=O) groups is 2. The summed E-state index contributed by atoms with van der Waals surface area (Å²) in [4.78, 5) is 31.7. The third kappa shape index (κ3) is 4.94. The minimum absolute atomic E-state index is 0.115. The molecule has 0 bridgehead atoms. The summed E-state index contributed by atoms with van der Waals surface area (Å²) < 4.78 is 0. The highest BCUT2D eigenvalue weighted by Crippen LogP contribution is 2.17. The van der Waals surface area contributed by atoms with Crippen LogP contribution in [0.3, 0.4) is 0 Å². The fraction of sp³-hybridized carbons (Fsp3) is 0.588. The van der Waals surface area contributed by atoms with Crippen molar-refractivity contribution in [1.82, 2.24) is 15.2 Å². The van der Waals surface area contributed by atoms with Crippen LogP contribution in [0.25, 0.3) is 0 Å². The first-order chi connectivity index (χ1) is 11.0. The molecule has 2 amide bonds. The predicted molar refractivity (Wildman–Crippen MR) is 90.5 cm³/mol. The zero-order valence-electron chi connectivity index (χ0n) is 14.2. The number of nitrogens with zero attached hydrogens (tertiary/aromatic N) is 3. The Hall–Kier alpha value is -2.11. The van der Waals surface area contributed by atoms with E-state index in [4.69, 9.17) is 0 Å². The minimum Gasteiger partial charge on any atom is -0.368 e. The van der Waals surface area contributed by atoms with Crippen molar-refractivity contribution in [3.05, 3.63) is 24.0 Å². The number of pyridine rings is 1. The first-order valence-corrected chi connectivity index (χ1v) is 8.22. The minimum atomic E-state index is -0.130. The van der Waals surface area contributed by atoms with Gasteiger partial charge >= 0.3 is 0 Å². The largest absolute Gasteiger partial charge is 0.368 e. The molecule has 0 saturated carbocycles. The summed E-state index contributed by atoms with van der Waals surface area (Å²) in [5.74, 6) is 0.548. The summed E-state index contributed by atoms with van der Waals surface area (Å²) in [7, 11) is 0. The normalized spacial score (nSPS) is 15.0. The molecule has 23 heavy (non-hydrogen) atoms. The first-order valence-electron chi connectivity index (χ1n) is 8.22. The standard InChI is InChI=1S/C17H26N4O2/c1-13(2)4-6-19-17(23)16-12-15(5-7-18-16)21-10-8-20(9-11-21)14(3)22/h5,7,12-13H,4,6,8-11H2,1-3H3,(H,19,23). The molecule has 1 saturated heterocycles. The maximum absolute atomic E-state index is 12.2. The number of aromatic nitrogens is 1. The van der Waals surface area contributed by atoms with Gasteiger partial charge in [0.15, 0.2) is 0 Å². The Morgan fingerprint density at radius 2 is 1.96 bits per heavy atom. The Morgan fingerprint density at radius 1 is 1.26 bits per heavy atom. The molecule has 1 N–H and O–H groups in total. The fourth-order valence-corrected chi connectivity index (χ4v) is 2.58. The van der Waals surface area contributed by atoms with Crippen molar-refractivity contribution >= 4 is 17.5 Å². The molecular weight excluding hydrogens is 292 g/mol. The molecule has 1 aliphatic rings. The second kappa shape index (κ2) is 7.94. The summed E-state index contributed by atoms with van der Waals surface area (Å²) in [6.45, 7) is 9.51. The fourth-order valence-electron chi connectivity index (χ4n) is 2.58. The van der Waals surface area contributed by atoms with Crippen molar-refractivity contribution in [2.24, 2.45) is 5.92 Å². The molecule has 126 valence electrons. The molecule has 1 fully saturated rings. The van der Waals surface area contributed by atoms with Gasteiger partial charge in [0, 0.05) is 51.5 Å². The smallest absolute Gasteiger partial charge is 0.269 e. The van der Waals surface area contributed by atoms with E-state index in [-0.39, 0.29) is 11.8 Å². The number of carbonyl (C=O) groups excluding carboxylic acids is 2. The highest BCUT2D eigenvalue weighted by Gasteiger charge is 2.19. The molecule has 6 nitrogen and oxygen atoms in total. The van der Waals surface area contributed by atoms with E-state index in [9.17, 15) is 9.59 Å². The van der Waals surface area contributed by atoms with Crippen molar-refractivity contribution < 1.29 is 9.59 Å². The van der Waals surface area contributed by atoms with E-state index < -0.39 is 0 Å². The van der Waals surface area contributed by atoms with E-state index in [1.54, 1.807) is 13.1 Å². The van der Waals surface area contributed by atoms with Crippen LogP contribution in [0, 0.1) is 5.92 Å². The second-order valence-corrected chi connectivity index (χ2v) is 6.33. The number of hydrogen-bond donors (Lipinski definition) is 1. The van der Waals surface area contributed by atoms with Gasteiger partial charge in [-0.15, -0.1) is 0 Å². The molecule has 0 aromatic carbocycles. The summed E-state index contributed by atoms with van der Waals surface area (Å²) in [5, 5.41) is 2.91. The molecule has 0 radical (unpaired) electrons. The summed E-state index contributed by atoms with van der Waals surface area (Å²) >= 11 is 0. The van der Waals surface area contributed by atoms with E-state index in [0.29, 0.717) is 31.2 Å². The van der Waals surface area contributed by atoms with Gasteiger partial charge in [-0.25, -0.2) is 0 Å². The van der Waals surface area contributed by atoms with E-state index >= 15 is 0 Å². The maximum Gasteiger partial charge on any atom is 0.269 e. The molecule has 0 aliphatic carbocycles. The van der Waals surface area contributed by atoms with Gasteiger partial charge in [0.05, 0.1) is 0 Å². The van der Waals surface area contributed by atoms with Crippen LogP contribution in [0.5, 0.6) is 0 Å². The predicted octanol–water partition coefficient (Wildman–Crippen LogP) is 1.53. The lowest BCUT2D eigenvalue weighted by atomic mass is 10.1. The van der Waals surface area contributed by atoms with Gasteiger partial charge in [-0.2, -0.15) is 0 Å². The van der Waals surface area contributed by atoms with Crippen LogP contribution in [0.1, 0.15) is 37.7 Å². The van der Waals surface area contributed by atoms with Gasteiger partial charge in [-0.05, 0) is 24.5 Å². The average Bonchev–Trinajstić information content (AvgIpc) is 2.54. The van der Waals surface area contributed by atoms with Crippen LogP contribution >= 0.6 is 0 Å². The van der Waals surface area contributed by atoms with Gasteiger partial charge in [0.1, 0.15) is 5.69 Å². The Kier molecular flexibility index (Phi) is 5.96. The first kappa shape index (κ1) is 17.2. The Labute approximate surface area is 137 Å². The Balaban J connectivity index is 1.94. The molecule has 2 rings (SSSR count). The van der Waals surface area contributed by atoms with Gasteiger partial charge < -0.3 is 15.1 Å². The van der Waals surface area contributed by atoms with Crippen molar-refractivity contribution in [2.75, 3.05) is 37.6 Å².